The SMILES string of the molecule is Cn1c(C(=O)[O-])c(CC(=O)NCC[NH+]2CCCC2)c2ccccc21. The number of likely N-dealkylation sites (tertiary alicyclic amines) is 1. The van der Waals surface area contributed by atoms with Crippen molar-refractivity contribution >= 4 is 22.8 Å². The van der Waals surface area contributed by atoms with E-state index in [0.29, 0.717) is 12.1 Å². The second-order valence-corrected chi connectivity index (χ2v) is 6.42. The summed E-state index contributed by atoms with van der Waals surface area (Å²) in [5.41, 5.74) is 1.40. The molecule has 24 heavy (non-hydrogen) atoms. The monoisotopic (exact) mass is 329 g/mol. The number of carboxylic acid groups (broad SMARTS) is 1. The molecule has 1 aliphatic rings. The maximum absolute atomic E-state index is 12.3. The summed E-state index contributed by atoms with van der Waals surface area (Å²) >= 11 is 0. The third-order valence-electron chi connectivity index (χ3n) is 4.85. The smallest absolute Gasteiger partial charge is 0.224 e. The lowest BCUT2D eigenvalue weighted by Gasteiger charge is -2.13. The molecule has 1 aromatic heterocycles. The van der Waals surface area contributed by atoms with Crippen LogP contribution in [0.2, 0.25) is 0 Å². The van der Waals surface area contributed by atoms with Gasteiger partial charge in [0.15, 0.2) is 0 Å². The number of fused-ring (bicyclic) bond motifs is 1. The fraction of sp³-hybridized carbons (Fsp3) is 0.444. The Morgan fingerprint density at radius 1 is 1.25 bits per heavy atom. The number of hydrogen-bond acceptors (Lipinski definition) is 3. The number of benzene rings is 1. The number of para-hydroxylation sites is 1. The van der Waals surface area contributed by atoms with Crippen molar-refractivity contribution in [2.45, 2.75) is 19.3 Å². The molecule has 1 aliphatic heterocycles. The number of carbonyl (C=O) groups is 2. The molecule has 0 aliphatic carbocycles. The van der Waals surface area contributed by atoms with Crippen LogP contribution in [0.25, 0.3) is 10.9 Å². The number of carbonyl (C=O) groups excluding carboxylic acids is 2. The fourth-order valence-electron chi connectivity index (χ4n) is 3.64. The number of nitrogens with zero attached hydrogens (tertiary/aromatic N) is 1. The van der Waals surface area contributed by atoms with Crippen LogP contribution in [0.15, 0.2) is 24.3 Å². The van der Waals surface area contributed by atoms with Crippen LogP contribution < -0.4 is 15.3 Å². The second kappa shape index (κ2) is 7.05. The van der Waals surface area contributed by atoms with Gasteiger partial charge in [-0.25, -0.2) is 0 Å². The molecule has 2 N–H and O–H groups in total. The van der Waals surface area contributed by atoms with E-state index in [4.69, 9.17) is 0 Å². The quantitative estimate of drug-likeness (QED) is 0.705. The number of carboxylic acids is 1. The average molecular weight is 329 g/mol. The Kier molecular flexibility index (Phi) is 4.85. The van der Waals surface area contributed by atoms with E-state index in [1.165, 1.54) is 30.8 Å². The minimum absolute atomic E-state index is 0.0556. The van der Waals surface area contributed by atoms with Gasteiger partial charge >= 0.3 is 0 Å². The number of amides is 1. The van der Waals surface area contributed by atoms with Crippen molar-refractivity contribution in [1.29, 1.82) is 0 Å². The highest BCUT2D eigenvalue weighted by atomic mass is 16.4. The lowest BCUT2D eigenvalue weighted by atomic mass is 10.1. The largest absolute Gasteiger partial charge is 0.543 e. The van der Waals surface area contributed by atoms with Gasteiger partial charge in [-0.3, -0.25) is 4.79 Å². The molecule has 2 heterocycles. The first-order valence-electron chi connectivity index (χ1n) is 8.46. The number of nitrogens with one attached hydrogen (secondary N) is 2. The molecule has 0 bridgehead atoms. The van der Waals surface area contributed by atoms with Gasteiger partial charge in [0.2, 0.25) is 5.91 Å². The Balaban J connectivity index is 1.72. The summed E-state index contributed by atoms with van der Waals surface area (Å²) in [6, 6.07) is 7.39. The topological polar surface area (TPSA) is 78.6 Å². The normalized spacial score (nSPS) is 15.0. The molecular weight excluding hydrogens is 306 g/mol. The summed E-state index contributed by atoms with van der Waals surface area (Å²) in [6.07, 6.45) is 2.57. The van der Waals surface area contributed by atoms with Gasteiger partial charge in [0.05, 0.1) is 44.3 Å². The third-order valence-corrected chi connectivity index (χ3v) is 4.85. The number of aryl methyl sites for hydroxylation is 1. The molecular formula is C18H23N3O3. The van der Waals surface area contributed by atoms with E-state index < -0.39 is 5.97 Å². The lowest BCUT2D eigenvalue weighted by molar-refractivity contribution is -0.886. The number of quaternary nitrogens is 1. The predicted molar refractivity (Wildman–Crippen MR) is 88.8 cm³/mol. The zero-order valence-corrected chi connectivity index (χ0v) is 13.9. The van der Waals surface area contributed by atoms with Crippen molar-refractivity contribution < 1.29 is 19.6 Å². The molecule has 6 nitrogen and oxygen atoms in total. The molecule has 128 valence electrons. The number of rotatable bonds is 6. The standard InChI is InChI=1S/C18H23N3O3/c1-20-15-7-3-2-6-13(15)14(17(20)18(23)24)12-16(22)19-8-11-21-9-4-5-10-21/h2-3,6-7H,4-5,8-12H2,1H3,(H,19,22)(H,23,24). The second-order valence-electron chi connectivity index (χ2n) is 6.42. The van der Waals surface area contributed by atoms with E-state index in [0.717, 1.165) is 17.4 Å². The summed E-state index contributed by atoms with van der Waals surface area (Å²) in [5.74, 6) is -1.40. The van der Waals surface area contributed by atoms with Gasteiger partial charge < -0.3 is 24.7 Å². The van der Waals surface area contributed by atoms with Crippen molar-refractivity contribution in [2.75, 3.05) is 26.2 Å². The Hall–Kier alpha value is -2.34. The molecule has 0 atom stereocenters. The van der Waals surface area contributed by atoms with Crippen LogP contribution in [0.1, 0.15) is 28.9 Å². The van der Waals surface area contributed by atoms with Crippen LogP contribution in [-0.4, -0.2) is 42.6 Å². The van der Waals surface area contributed by atoms with E-state index in [9.17, 15) is 14.7 Å². The first-order chi connectivity index (χ1) is 11.6. The molecule has 0 radical (unpaired) electrons. The maximum atomic E-state index is 12.3. The third kappa shape index (κ3) is 3.28. The van der Waals surface area contributed by atoms with Gasteiger partial charge in [0.1, 0.15) is 0 Å². The molecule has 0 saturated carbocycles. The highest BCUT2D eigenvalue weighted by Gasteiger charge is 2.19. The Labute approximate surface area is 141 Å². The van der Waals surface area contributed by atoms with Gasteiger partial charge in [-0.05, 0) is 11.6 Å². The average Bonchev–Trinajstić information content (AvgIpc) is 3.15. The first-order valence-corrected chi connectivity index (χ1v) is 8.46. The van der Waals surface area contributed by atoms with Crippen LogP contribution in [0.3, 0.4) is 0 Å². The molecule has 2 aromatic rings. The number of hydrogen-bond donors (Lipinski definition) is 2. The maximum Gasteiger partial charge on any atom is 0.224 e. The van der Waals surface area contributed by atoms with Crippen LogP contribution in [0.4, 0.5) is 0 Å². The minimum atomic E-state index is -1.25. The first kappa shape index (κ1) is 16.5. The molecule has 6 heteroatoms. The van der Waals surface area contributed by atoms with Crippen LogP contribution >= 0.6 is 0 Å². The Morgan fingerprint density at radius 2 is 1.96 bits per heavy atom. The van der Waals surface area contributed by atoms with Crippen molar-refractivity contribution in [3.63, 3.8) is 0 Å². The summed E-state index contributed by atoms with van der Waals surface area (Å²) in [5, 5.41) is 15.2. The molecule has 0 unspecified atom stereocenters. The lowest BCUT2D eigenvalue weighted by Crippen LogP contribution is -3.10. The molecule has 1 aromatic carbocycles. The molecule has 1 amide bonds. The molecule has 1 saturated heterocycles. The zero-order chi connectivity index (χ0) is 17.1. The Bertz CT molecular complexity index is 760. The fourth-order valence-corrected chi connectivity index (χ4v) is 3.64. The van der Waals surface area contributed by atoms with E-state index in [1.807, 2.05) is 24.3 Å². The van der Waals surface area contributed by atoms with Gasteiger partial charge in [0, 0.05) is 30.8 Å². The zero-order valence-electron chi connectivity index (χ0n) is 13.9. The highest BCUT2D eigenvalue weighted by Crippen LogP contribution is 2.25. The summed E-state index contributed by atoms with van der Waals surface area (Å²) in [6.45, 7) is 3.90. The minimum Gasteiger partial charge on any atom is -0.543 e. The van der Waals surface area contributed by atoms with Crippen molar-refractivity contribution in [3.05, 3.63) is 35.5 Å². The van der Waals surface area contributed by atoms with E-state index in [2.05, 4.69) is 5.32 Å². The van der Waals surface area contributed by atoms with E-state index >= 15 is 0 Å². The van der Waals surface area contributed by atoms with Crippen LogP contribution in [-0.2, 0) is 18.3 Å². The summed E-state index contributed by atoms with van der Waals surface area (Å²) < 4.78 is 1.58. The van der Waals surface area contributed by atoms with Crippen molar-refractivity contribution in [1.82, 2.24) is 9.88 Å². The summed E-state index contributed by atoms with van der Waals surface area (Å²) in [7, 11) is 1.69. The predicted octanol–water partition coefficient (Wildman–Crippen LogP) is -1.12. The van der Waals surface area contributed by atoms with Crippen LogP contribution in [0, 0.1) is 0 Å². The van der Waals surface area contributed by atoms with Crippen LogP contribution in [0.5, 0.6) is 0 Å². The van der Waals surface area contributed by atoms with Gasteiger partial charge in [-0.1, -0.05) is 18.2 Å². The van der Waals surface area contributed by atoms with E-state index in [1.54, 1.807) is 11.6 Å². The molecule has 1 fully saturated rings. The van der Waals surface area contributed by atoms with Gasteiger partial charge in [-0.15, -0.1) is 0 Å². The van der Waals surface area contributed by atoms with Gasteiger partial charge in [-0.2, -0.15) is 0 Å². The molecule has 3 rings (SSSR count). The van der Waals surface area contributed by atoms with Crippen molar-refractivity contribution in [2.24, 2.45) is 7.05 Å². The molecule has 0 spiro atoms. The van der Waals surface area contributed by atoms with Gasteiger partial charge in [0.25, 0.3) is 0 Å². The summed E-state index contributed by atoms with van der Waals surface area (Å²) in [4.78, 5) is 25.3. The highest BCUT2D eigenvalue weighted by molar-refractivity contribution is 5.99. The Morgan fingerprint density at radius 3 is 2.67 bits per heavy atom. The van der Waals surface area contributed by atoms with Crippen molar-refractivity contribution in [3.8, 4) is 0 Å². The van der Waals surface area contributed by atoms with E-state index in [-0.39, 0.29) is 18.0 Å². The number of aromatic nitrogens is 1. The number of aromatic carboxylic acids is 1.